The fraction of sp³-hybridized carbons (Fsp3) is 0.500. The van der Waals surface area contributed by atoms with Gasteiger partial charge in [0.1, 0.15) is 0 Å². The Morgan fingerprint density at radius 1 is 1.27 bits per heavy atom. The zero-order valence-electron chi connectivity index (χ0n) is 8.92. The van der Waals surface area contributed by atoms with E-state index in [4.69, 9.17) is 4.74 Å². The third-order valence-electron chi connectivity index (χ3n) is 2.53. The molecule has 15 heavy (non-hydrogen) atoms. The molecule has 1 aromatic rings. The molecule has 0 spiro atoms. The normalized spacial score (nSPS) is 16.5. The minimum absolute atomic E-state index is 0.449. The predicted octanol–water partition coefficient (Wildman–Crippen LogP) is 4.04. The molecule has 2 rings (SSSR count). The molecule has 0 aliphatic heterocycles. The third kappa shape index (κ3) is 5.13. The summed E-state index contributed by atoms with van der Waals surface area (Å²) < 4.78 is 5.82. The van der Waals surface area contributed by atoms with Crippen LogP contribution in [0.15, 0.2) is 24.3 Å². The summed E-state index contributed by atoms with van der Waals surface area (Å²) in [4.78, 5) is 0. The molecule has 0 heterocycles. The molecule has 0 amide bonds. The molecule has 0 saturated heterocycles. The van der Waals surface area contributed by atoms with Gasteiger partial charge in [-0.15, -0.1) is 12.1 Å². The van der Waals surface area contributed by atoms with Crippen molar-refractivity contribution in [2.24, 2.45) is 0 Å². The van der Waals surface area contributed by atoms with E-state index in [-0.39, 0.29) is 0 Å². The Hall–Kier alpha value is 0.123. The fourth-order valence-electron chi connectivity index (χ4n) is 1.83. The van der Waals surface area contributed by atoms with Gasteiger partial charge in [-0.25, -0.2) is 0 Å². The van der Waals surface area contributed by atoms with Crippen LogP contribution in [0.2, 0.25) is 0 Å². The van der Waals surface area contributed by atoms with E-state index in [0.29, 0.717) is 6.10 Å². The summed E-state index contributed by atoms with van der Waals surface area (Å²) in [6.45, 7) is 0. The maximum atomic E-state index is 5.82. The summed E-state index contributed by atoms with van der Waals surface area (Å²) in [6, 6.07) is 10.8. The van der Waals surface area contributed by atoms with Crippen LogP contribution < -0.4 is 4.74 Å². The minimum Gasteiger partial charge on any atom is -0.548 e. The Labute approximate surface area is 109 Å². The molecule has 0 atom stereocenters. The van der Waals surface area contributed by atoms with Gasteiger partial charge in [0.15, 0.2) is 0 Å². The molecule has 1 aliphatic rings. The van der Waals surface area contributed by atoms with Crippen molar-refractivity contribution in [3.63, 3.8) is 0 Å². The molecule has 1 aromatic carbocycles. The maximum Gasteiger partial charge on any atom is 0.0823 e. The standard InChI is InChI=1S/C12H15O.BrH.Zn/c1-3-7-11(8-4-1)13-12-9-5-2-6-10-12;;/h1,3,7-8,12H,2,5-6,9-10H2;1H;/q-1;;+2/p-1. The van der Waals surface area contributed by atoms with Crippen molar-refractivity contribution in [2.75, 3.05) is 0 Å². The first kappa shape index (κ1) is 13.2. The number of hydrogen-bond acceptors (Lipinski definition) is 1. The van der Waals surface area contributed by atoms with Gasteiger partial charge in [0, 0.05) is 5.75 Å². The molecule has 1 aliphatic carbocycles. The fourth-order valence-corrected chi connectivity index (χ4v) is 1.83. The van der Waals surface area contributed by atoms with Crippen LogP contribution >= 0.6 is 13.6 Å². The summed E-state index contributed by atoms with van der Waals surface area (Å²) in [6.07, 6.45) is 6.90. The number of benzene rings is 1. The van der Waals surface area contributed by atoms with Gasteiger partial charge in [0.05, 0.1) is 6.10 Å². The largest absolute Gasteiger partial charge is 0.548 e. The van der Waals surface area contributed by atoms with Crippen LogP contribution in [-0.4, -0.2) is 6.10 Å². The molecule has 0 unspecified atom stereocenters. The third-order valence-corrected chi connectivity index (χ3v) is 2.53. The molecule has 3 heteroatoms. The van der Waals surface area contributed by atoms with E-state index < -0.39 is 0 Å². The van der Waals surface area contributed by atoms with E-state index in [9.17, 15) is 0 Å². The van der Waals surface area contributed by atoms with Crippen molar-refractivity contribution in [3.05, 3.63) is 30.3 Å². The molecule has 1 saturated carbocycles. The SMILES string of the molecule is [Zn+][Br].[c-]1cccc(OC2CCCCC2)c1. The molecule has 0 radical (unpaired) electrons. The van der Waals surface area contributed by atoms with Gasteiger partial charge >= 0.3 is 30.0 Å². The van der Waals surface area contributed by atoms with Gasteiger partial charge in [0.25, 0.3) is 0 Å². The van der Waals surface area contributed by atoms with Crippen molar-refractivity contribution in [2.45, 2.75) is 38.2 Å². The molecule has 0 N–H and O–H groups in total. The number of ether oxygens (including phenoxy) is 1. The van der Waals surface area contributed by atoms with E-state index in [1.165, 1.54) is 48.4 Å². The van der Waals surface area contributed by atoms with Crippen LogP contribution in [0.25, 0.3) is 0 Å². The van der Waals surface area contributed by atoms with Gasteiger partial charge in [-0.1, -0.05) is 6.42 Å². The summed E-state index contributed by atoms with van der Waals surface area (Å²) in [5.74, 6) is 0.967. The van der Waals surface area contributed by atoms with Crippen molar-refractivity contribution in [1.82, 2.24) is 0 Å². The second kappa shape index (κ2) is 8.30. The minimum atomic E-state index is 0.449. The maximum absolute atomic E-state index is 5.82. The first-order chi connectivity index (χ1) is 7.45. The second-order valence-electron chi connectivity index (χ2n) is 3.62. The molecule has 78 valence electrons. The van der Waals surface area contributed by atoms with Gasteiger partial charge in [-0.2, -0.15) is 18.2 Å². The quantitative estimate of drug-likeness (QED) is 0.590. The molecule has 0 bridgehead atoms. The topological polar surface area (TPSA) is 9.23 Å². The smallest absolute Gasteiger partial charge is 0.0823 e. The van der Waals surface area contributed by atoms with Crippen LogP contribution in [0.5, 0.6) is 5.75 Å². The van der Waals surface area contributed by atoms with Crippen LogP contribution in [0.1, 0.15) is 32.1 Å². The Bertz CT molecular complexity index is 247. The second-order valence-corrected chi connectivity index (χ2v) is 3.62. The van der Waals surface area contributed by atoms with Gasteiger partial charge in [-0.05, 0) is 25.7 Å². The average Bonchev–Trinajstić information content (AvgIpc) is 2.34. The van der Waals surface area contributed by atoms with E-state index >= 15 is 0 Å². The average molecular weight is 321 g/mol. The summed E-state index contributed by atoms with van der Waals surface area (Å²) in [5, 5.41) is 0. The Kier molecular flexibility index (Phi) is 7.29. The van der Waals surface area contributed by atoms with E-state index in [1.54, 1.807) is 0 Å². The molecule has 1 nitrogen and oxygen atoms in total. The molecular formula is C12H15BrOZn. The van der Waals surface area contributed by atoms with Gasteiger partial charge < -0.3 is 4.74 Å². The summed E-state index contributed by atoms with van der Waals surface area (Å²) in [7, 11) is 0. The van der Waals surface area contributed by atoms with Crippen molar-refractivity contribution in [1.29, 1.82) is 0 Å². The van der Waals surface area contributed by atoms with Gasteiger partial charge in [0.2, 0.25) is 0 Å². The van der Waals surface area contributed by atoms with Crippen molar-refractivity contribution < 1.29 is 21.1 Å². The first-order valence-corrected chi connectivity index (χ1v) is 12.3. The first-order valence-electron chi connectivity index (χ1n) is 5.34. The molecular weight excluding hydrogens is 305 g/mol. The molecule has 1 fully saturated rings. The van der Waals surface area contributed by atoms with E-state index in [0.717, 1.165) is 5.75 Å². The Morgan fingerprint density at radius 2 is 2.00 bits per heavy atom. The number of rotatable bonds is 2. The van der Waals surface area contributed by atoms with Crippen molar-refractivity contribution >= 4 is 13.6 Å². The monoisotopic (exact) mass is 318 g/mol. The van der Waals surface area contributed by atoms with Crippen LogP contribution in [0, 0.1) is 6.07 Å². The summed E-state index contributed by atoms with van der Waals surface area (Å²) >= 11 is 4.25. The van der Waals surface area contributed by atoms with E-state index in [2.05, 4.69) is 19.7 Å². The van der Waals surface area contributed by atoms with Crippen LogP contribution in [0.4, 0.5) is 0 Å². The van der Waals surface area contributed by atoms with E-state index in [1.807, 2.05) is 24.3 Å². The van der Waals surface area contributed by atoms with Crippen LogP contribution in [-0.2, 0) is 16.3 Å². The Morgan fingerprint density at radius 3 is 2.60 bits per heavy atom. The summed E-state index contributed by atoms with van der Waals surface area (Å²) in [5.41, 5.74) is 0. The number of halogens is 1. The zero-order chi connectivity index (χ0) is 10.9. The number of hydrogen-bond donors (Lipinski definition) is 0. The molecule has 0 aromatic heterocycles. The van der Waals surface area contributed by atoms with Gasteiger partial charge in [-0.3, -0.25) is 0 Å². The predicted molar refractivity (Wildman–Crippen MR) is 61.7 cm³/mol. The van der Waals surface area contributed by atoms with Crippen LogP contribution in [0.3, 0.4) is 0 Å². The zero-order valence-corrected chi connectivity index (χ0v) is 13.5. The Balaban J connectivity index is 0.000000531. The van der Waals surface area contributed by atoms with Crippen molar-refractivity contribution in [3.8, 4) is 5.75 Å².